The van der Waals surface area contributed by atoms with Crippen molar-refractivity contribution in [1.29, 1.82) is 0 Å². The minimum absolute atomic E-state index is 0.0484. The number of rotatable bonds is 5. The van der Waals surface area contributed by atoms with Gasteiger partial charge in [0.05, 0.1) is 37.7 Å². The van der Waals surface area contributed by atoms with Gasteiger partial charge in [-0.25, -0.2) is 0 Å². The number of aliphatic hydroxyl groups is 1. The maximum Gasteiger partial charge on any atom is 0.300 e. The van der Waals surface area contributed by atoms with Gasteiger partial charge < -0.3 is 14.6 Å². The number of carbonyl (C=O) groups excluding carboxylic acids is 2. The SMILES string of the molecule is COc1ccc(OC)c(C2/C(=C(/O)c3ccc(Br)cc3)C(=O)C(=O)N2c2cccnc2)c1. The molecule has 4 rings (SSSR count). The molecule has 2 heterocycles. The lowest BCUT2D eigenvalue weighted by molar-refractivity contribution is -0.132. The Balaban J connectivity index is 2.01. The van der Waals surface area contributed by atoms with Crippen molar-refractivity contribution in [2.24, 2.45) is 0 Å². The van der Waals surface area contributed by atoms with Crippen molar-refractivity contribution in [1.82, 2.24) is 4.98 Å². The van der Waals surface area contributed by atoms with Gasteiger partial charge in [-0.05, 0) is 42.5 Å². The number of anilines is 1. The molecule has 3 aromatic rings. The Morgan fingerprint density at radius 2 is 1.81 bits per heavy atom. The molecule has 1 unspecified atom stereocenters. The molecule has 1 fully saturated rings. The van der Waals surface area contributed by atoms with E-state index in [2.05, 4.69) is 20.9 Å². The van der Waals surface area contributed by atoms with Crippen LogP contribution in [0.25, 0.3) is 5.76 Å². The van der Waals surface area contributed by atoms with Gasteiger partial charge in [0.2, 0.25) is 0 Å². The molecule has 0 radical (unpaired) electrons. The van der Waals surface area contributed by atoms with Gasteiger partial charge in [-0.15, -0.1) is 0 Å². The molecule has 1 aliphatic heterocycles. The third kappa shape index (κ3) is 3.73. The number of amides is 1. The van der Waals surface area contributed by atoms with Crippen molar-refractivity contribution in [2.45, 2.75) is 6.04 Å². The summed E-state index contributed by atoms with van der Waals surface area (Å²) < 4.78 is 11.7. The lowest BCUT2D eigenvalue weighted by Gasteiger charge is -2.26. The Bertz CT molecular complexity index is 1210. The average molecular weight is 495 g/mol. The Labute approximate surface area is 193 Å². The normalized spacial score (nSPS) is 17.5. The number of halogens is 1. The second kappa shape index (κ2) is 8.84. The largest absolute Gasteiger partial charge is 0.507 e. The molecule has 0 saturated carbocycles. The molecule has 1 aromatic heterocycles. The Kier molecular flexibility index (Phi) is 5.96. The van der Waals surface area contributed by atoms with Crippen LogP contribution < -0.4 is 14.4 Å². The third-order valence-corrected chi connectivity index (χ3v) is 5.75. The number of carbonyl (C=O) groups is 2. The van der Waals surface area contributed by atoms with Gasteiger partial charge in [0.15, 0.2) is 0 Å². The van der Waals surface area contributed by atoms with Crippen molar-refractivity contribution >= 4 is 39.1 Å². The zero-order valence-corrected chi connectivity index (χ0v) is 18.9. The van der Waals surface area contributed by atoms with E-state index in [1.54, 1.807) is 60.8 Å². The first-order chi connectivity index (χ1) is 15.5. The Morgan fingerprint density at radius 1 is 1.06 bits per heavy atom. The van der Waals surface area contributed by atoms with Crippen LogP contribution in [0, 0.1) is 0 Å². The first kappa shape index (κ1) is 21.6. The minimum atomic E-state index is -0.951. The number of pyridine rings is 1. The average Bonchev–Trinajstić information content (AvgIpc) is 3.09. The topological polar surface area (TPSA) is 89.0 Å². The molecule has 7 nitrogen and oxygen atoms in total. The molecule has 0 spiro atoms. The molecule has 1 saturated heterocycles. The number of hydrogen-bond acceptors (Lipinski definition) is 6. The number of methoxy groups -OCH3 is 2. The van der Waals surface area contributed by atoms with Crippen LogP contribution in [0.4, 0.5) is 5.69 Å². The lowest BCUT2D eigenvalue weighted by Crippen LogP contribution is -2.29. The quantitative estimate of drug-likeness (QED) is 0.319. The Hall–Kier alpha value is -3.65. The van der Waals surface area contributed by atoms with Gasteiger partial charge in [0, 0.05) is 21.8 Å². The molecule has 1 amide bonds. The van der Waals surface area contributed by atoms with Gasteiger partial charge in [-0.2, -0.15) is 0 Å². The molecule has 0 aliphatic carbocycles. The zero-order valence-electron chi connectivity index (χ0n) is 17.3. The fourth-order valence-corrected chi connectivity index (χ4v) is 3.97. The van der Waals surface area contributed by atoms with Crippen molar-refractivity contribution in [3.63, 3.8) is 0 Å². The van der Waals surface area contributed by atoms with Crippen LogP contribution in [0.15, 0.2) is 77.0 Å². The molecule has 162 valence electrons. The van der Waals surface area contributed by atoms with E-state index in [0.29, 0.717) is 28.3 Å². The highest BCUT2D eigenvalue weighted by Gasteiger charge is 2.48. The number of aromatic nitrogens is 1. The van der Waals surface area contributed by atoms with Crippen LogP contribution >= 0.6 is 15.9 Å². The maximum atomic E-state index is 13.2. The van der Waals surface area contributed by atoms with E-state index in [-0.39, 0.29) is 11.3 Å². The summed E-state index contributed by atoms with van der Waals surface area (Å²) in [5.74, 6) is -0.901. The number of Topliss-reactive ketones (excluding diaryl/α,β-unsaturated/α-hetero) is 1. The highest BCUT2D eigenvalue weighted by atomic mass is 79.9. The van der Waals surface area contributed by atoms with Gasteiger partial charge in [0.1, 0.15) is 17.3 Å². The van der Waals surface area contributed by atoms with Crippen LogP contribution in [0.1, 0.15) is 17.2 Å². The first-order valence-corrected chi connectivity index (χ1v) is 10.4. The number of ether oxygens (including phenoxy) is 2. The van der Waals surface area contributed by atoms with Crippen LogP contribution in [0.3, 0.4) is 0 Å². The van der Waals surface area contributed by atoms with Crippen LogP contribution in [-0.4, -0.2) is 36.0 Å². The number of ketones is 1. The van der Waals surface area contributed by atoms with Crippen molar-refractivity contribution in [2.75, 3.05) is 19.1 Å². The van der Waals surface area contributed by atoms with E-state index >= 15 is 0 Å². The predicted molar refractivity (Wildman–Crippen MR) is 123 cm³/mol. The second-order valence-electron chi connectivity index (χ2n) is 7.00. The van der Waals surface area contributed by atoms with E-state index in [4.69, 9.17) is 9.47 Å². The second-order valence-corrected chi connectivity index (χ2v) is 7.91. The summed E-state index contributed by atoms with van der Waals surface area (Å²) in [4.78, 5) is 31.8. The summed E-state index contributed by atoms with van der Waals surface area (Å²) in [5, 5.41) is 11.2. The van der Waals surface area contributed by atoms with Crippen molar-refractivity contribution in [3.05, 3.63) is 88.2 Å². The van der Waals surface area contributed by atoms with Crippen LogP contribution in [0.5, 0.6) is 11.5 Å². The van der Waals surface area contributed by atoms with E-state index < -0.39 is 17.7 Å². The summed E-state index contributed by atoms with van der Waals surface area (Å²) in [6, 6.07) is 14.3. The fourth-order valence-electron chi connectivity index (χ4n) is 3.71. The van der Waals surface area contributed by atoms with Gasteiger partial charge in [-0.3, -0.25) is 19.5 Å². The summed E-state index contributed by atoms with van der Waals surface area (Å²) in [5.41, 5.74) is 1.27. The maximum absolute atomic E-state index is 13.2. The zero-order chi connectivity index (χ0) is 22.8. The standard InChI is InChI=1S/C24H19BrN2O5/c1-31-17-9-10-19(32-2)18(12-17)21-20(22(28)14-5-7-15(25)8-6-14)23(29)24(30)27(21)16-4-3-11-26-13-16/h3-13,21,28H,1-2H3/b22-20-. The van der Waals surface area contributed by atoms with E-state index in [1.807, 2.05) is 0 Å². The molecule has 2 aromatic carbocycles. The van der Waals surface area contributed by atoms with Gasteiger partial charge in [-0.1, -0.05) is 28.1 Å². The number of aliphatic hydroxyl groups excluding tert-OH is 1. The molecule has 1 atom stereocenters. The molecule has 8 heteroatoms. The number of benzene rings is 2. The van der Waals surface area contributed by atoms with E-state index in [9.17, 15) is 14.7 Å². The molecule has 32 heavy (non-hydrogen) atoms. The molecule has 1 N–H and O–H groups in total. The lowest BCUT2D eigenvalue weighted by atomic mass is 9.94. The third-order valence-electron chi connectivity index (χ3n) is 5.22. The number of nitrogens with zero attached hydrogens (tertiary/aromatic N) is 2. The van der Waals surface area contributed by atoms with Crippen LogP contribution in [-0.2, 0) is 9.59 Å². The van der Waals surface area contributed by atoms with Crippen molar-refractivity contribution < 1.29 is 24.2 Å². The summed E-state index contributed by atoms with van der Waals surface area (Å²) in [7, 11) is 3.02. The van der Waals surface area contributed by atoms with Crippen molar-refractivity contribution in [3.8, 4) is 11.5 Å². The van der Waals surface area contributed by atoms with Gasteiger partial charge >= 0.3 is 0 Å². The van der Waals surface area contributed by atoms with Crippen LogP contribution in [0.2, 0.25) is 0 Å². The summed E-state index contributed by atoms with van der Waals surface area (Å²) >= 11 is 3.36. The minimum Gasteiger partial charge on any atom is -0.507 e. The summed E-state index contributed by atoms with van der Waals surface area (Å²) in [6.45, 7) is 0. The van der Waals surface area contributed by atoms with E-state index in [0.717, 1.165) is 4.47 Å². The first-order valence-electron chi connectivity index (χ1n) is 9.65. The highest BCUT2D eigenvalue weighted by Crippen LogP contribution is 2.45. The molecular weight excluding hydrogens is 476 g/mol. The predicted octanol–water partition coefficient (Wildman–Crippen LogP) is 4.49. The van der Waals surface area contributed by atoms with E-state index in [1.165, 1.54) is 25.3 Å². The van der Waals surface area contributed by atoms with Gasteiger partial charge in [0.25, 0.3) is 11.7 Å². The number of hydrogen-bond donors (Lipinski definition) is 1. The molecule has 0 bridgehead atoms. The molecule has 1 aliphatic rings. The highest BCUT2D eigenvalue weighted by molar-refractivity contribution is 9.10. The monoisotopic (exact) mass is 494 g/mol. The Morgan fingerprint density at radius 3 is 2.44 bits per heavy atom. The molecular formula is C24H19BrN2O5. The fraction of sp³-hybridized carbons (Fsp3) is 0.125. The smallest absolute Gasteiger partial charge is 0.300 e. The summed E-state index contributed by atoms with van der Waals surface area (Å²) in [6.07, 6.45) is 3.06.